The molecule has 2 aromatic rings. The number of fused-ring (bicyclic) bond motifs is 2. The molecule has 3 rings (SSSR count). The van der Waals surface area contributed by atoms with Gasteiger partial charge in [-0.1, -0.05) is 24.3 Å². The standard InChI is InChI=1S/C20H16O7/c21-17-11-5-6-12-18(22)26-16-10-4-2-8-14(16)20(24)27-19(23)13-7-1-3-9-15(13)25-17/h1-4,7-10H,5-6,11-12H2. The number of hydrogen-bond donors (Lipinski definition) is 0. The first-order valence-corrected chi connectivity index (χ1v) is 8.40. The molecular formula is C20H16O7. The molecule has 0 saturated heterocycles. The molecule has 27 heavy (non-hydrogen) atoms. The Morgan fingerprint density at radius 3 is 1.41 bits per heavy atom. The van der Waals surface area contributed by atoms with Crippen molar-refractivity contribution in [3.63, 3.8) is 0 Å². The molecule has 0 amide bonds. The lowest BCUT2D eigenvalue weighted by Gasteiger charge is -2.10. The maximum atomic E-state index is 12.4. The Labute approximate surface area is 154 Å². The molecule has 0 unspecified atom stereocenters. The number of benzene rings is 2. The van der Waals surface area contributed by atoms with Gasteiger partial charge in [-0.2, -0.15) is 0 Å². The Bertz CT molecular complexity index is 827. The Balaban J connectivity index is 1.95. The van der Waals surface area contributed by atoms with Crippen LogP contribution in [-0.2, 0) is 14.3 Å². The highest BCUT2D eigenvalue weighted by Crippen LogP contribution is 2.24. The fraction of sp³-hybridized carbons (Fsp3) is 0.200. The van der Waals surface area contributed by atoms with Gasteiger partial charge in [-0.15, -0.1) is 0 Å². The number of hydrogen-bond acceptors (Lipinski definition) is 7. The summed E-state index contributed by atoms with van der Waals surface area (Å²) in [6, 6.07) is 12.0. The summed E-state index contributed by atoms with van der Waals surface area (Å²) in [7, 11) is 0. The van der Waals surface area contributed by atoms with Crippen LogP contribution in [0.1, 0.15) is 46.4 Å². The zero-order valence-electron chi connectivity index (χ0n) is 14.3. The first-order valence-electron chi connectivity index (χ1n) is 8.40. The number of ether oxygens (including phenoxy) is 3. The smallest absolute Gasteiger partial charge is 0.349 e. The normalized spacial score (nSPS) is 16.0. The van der Waals surface area contributed by atoms with Crippen LogP contribution in [0.4, 0.5) is 0 Å². The SMILES string of the molecule is O=C1CCCCC(=O)Oc2ccccc2C(=O)OC(=O)c2ccccc2O1. The molecule has 1 aliphatic heterocycles. The highest BCUT2D eigenvalue weighted by atomic mass is 16.6. The molecule has 7 heteroatoms. The maximum Gasteiger partial charge on any atom is 0.349 e. The van der Waals surface area contributed by atoms with Crippen molar-refractivity contribution in [2.45, 2.75) is 25.7 Å². The summed E-state index contributed by atoms with van der Waals surface area (Å²) in [5, 5.41) is 0. The number of cyclic esters (lactones) is 2. The second-order valence-corrected chi connectivity index (χ2v) is 5.82. The fourth-order valence-electron chi connectivity index (χ4n) is 2.53. The van der Waals surface area contributed by atoms with Gasteiger partial charge in [-0.25, -0.2) is 9.59 Å². The second-order valence-electron chi connectivity index (χ2n) is 5.82. The van der Waals surface area contributed by atoms with Crippen molar-refractivity contribution in [2.75, 3.05) is 0 Å². The van der Waals surface area contributed by atoms with Crippen LogP contribution < -0.4 is 9.47 Å². The number of carbonyl (C=O) groups is 4. The van der Waals surface area contributed by atoms with E-state index in [2.05, 4.69) is 0 Å². The van der Waals surface area contributed by atoms with E-state index < -0.39 is 23.9 Å². The van der Waals surface area contributed by atoms with Gasteiger partial charge in [0.15, 0.2) is 0 Å². The molecule has 0 radical (unpaired) electrons. The Morgan fingerprint density at radius 2 is 0.963 bits per heavy atom. The fourth-order valence-corrected chi connectivity index (χ4v) is 2.53. The van der Waals surface area contributed by atoms with Gasteiger partial charge in [-0.05, 0) is 37.1 Å². The van der Waals surface area contributed by atoms with E-state index in [0.29, 0.717) is 12.8 Å². The molecule has 0 bridgehead atoms. The predicted molar refractivity (Wildman–Crippen MR) is 92.4 cm³/mol. The summed E-state index contributed by atoms with van der Waals surface area (Å²) < 4.78 is 15.3. The lowest BCUT2D eigenvalue weighted by molar-refractivity contribution is -0.136. The van der Waals surface area contributed by atoms with Crippen LogP contribution in [0.5, 0.6) is 11.5 Å². The molecular weight excluding hydrogens is 352 g/mol. The highest BCUT2D eigenvalue weighted by molar-refractivity contribution is 6.05. The number of carbonyl (C=O) groups excluding carboxylic acids is 4. The minimum atomic E-state index is -0.973. The van der Waals surface area contributed by atoms with Crippen molar-refractivity contribution in [3.05, 3.63) is 59.7 Å². The van der Waals surface area contributed by atoms with Gasteiger partial charge in [0.25, 0.3) is 0 Å². The van der Waals surface area contributed by atoms with E-state index in [1.165, 1.54) is 24.3 Å². The molecule has 0 N–H and O–H groups in total. The third kappa shape index (κ3) is 4.58. The van der Waals surface area contributed by atoms with Crippen LogP contribution in [0.15, 0.2) is 48.5 Å². The first kappa shape index (κ1) is 18.3. The maximum absolute atomic E-state index is 12.4. The summed E-state index contributed by atoms with van der Waals surface area (Å²) in [4.78, 5) is 48.7. The third-order valence-electron chi connectivity index (χ3n) is 3.86. The first-order chi connectivity index (χ1) is 13.0. The van der Waals surface area contributed by atoms with E-state index in [1.54, 1.807) is 24.3 Å². The van der Waals surface area contributed by atoms with Gasteiger partial charge in [0, 0.05) is 12.8 Å². The zero-order valence-corrected chi connectivity index (χ0v) is 14.3. The molecule has 2 aromatic carbocycles. The van der Waals surface area contributed by atoms with Crippen molar-refractivity contribution in [2.24, 2.45) is 0 Å². The summed E-state index contributed by atoms with van der Waals surface area (Å²) in [6.07, 6.45) is 0.987. The van der Waals surface area contributed by atoms with E-state index in [9.17, 15) is 19.2 Å². The van der Waals surface area contributed by atoms with Gasteiger partial charge in [0.1, 0.15) is 22.6 Å². The predicted octanol–water partition coefficient (Wildman–Crippen LogP) is 3.07. The van der Waals surface area contributed by atoms with Crippen molar-refractivity contribution in [1.29, 1.82) is 0 Å². The van der Waals surface area contributed by atoms with Crippen LogP contribution >= 0.6 is 0 Å². The molecule has 0 fully saturated rings. The zero-order chi connectivity index (χ0) is 19.2. The van der Waals surface area contributed by atoms with E-state index >= 15 is 0 Å². The van der Waals surface area contributed by atoms with Crippen LogP contribution in [-0.4, -0.2) is 23.9 Å². The monoisotopic (exact) mass is 368 g/mol. The quantitative estimate of drug-likeness (QED) is 0.400. The lowest BCUT2D eigenvalue weighted by atomic mass is 10.2. The van der Waals surface area contributed by atoms with Gasteiger partial charge >= 0.3 is 23.9 Å². The molecule has 0 aromatic heterocycles. The Kier molecular flexibility index (Phi) is 5.61. The van der Waals surface area contributed by atoms with E-state index in [0.717, 1.165) is 0 Å². The average molecular weight is 368 g/mol. The number of esters is 4. The van der Waals surface area contributed by atoms with Crippen molar-refractivity contribution >= 4 is 23.9 Å². The van der Waals surface area contributed by atoms with E-state index in [4.69, 9.17) is 14.2 Å². The lowest BCUT2D eigenvalue weighted by Crippen LogP contribution is -2.16. The van der Waals surface area contributed by atoms with Crippen LogP contribution in [0, 0.1) is 0 Å². The molecule has 138 valence electrons. The van der Waals surface area contributed by atoms with E-state index in [-0.39, 0.29) is 35.5 Å². The van der Waals surface area contributed by atoms with Crippen LogP contribution in [0.3, 0.4) is 0 Å². The van der Waals surface area contributed by atoms with Crippen LogP contribution in [0.25, 0.3) is 0 Å². The third-order valence-corrected chi connectivity index (χ3v) is 3.86. The summed E-state index contributed by atoms with van der Waals surface area (Å²) in [5.74, 6) is -3.02. The highest BCUT2D eigenvalue weighted by Gasteiger charge is 2.23. The Hall–Kier alpha value is -3.48. The largest absolute Gasteiger partial charge is 0.426 e. The van der Waals surface area contributed by atoms with Crippen molar-refractivity contribution in [1.82, 2.24) is 0 Å². The molecule has 0 aliphatic carbocycles. The molecule has 0 atom stereocenters. The molecule has 1 heterocycles. The summed E-state index contributed by atoms with van der Waals surface area (Å²) in [6.45, 7) is 0. The van der Waals surface area contributed by atoms with Gasteiger partial charge in [0.2, 0.25) is 0 Å². The molecule has 7 nitrogen and oxygen atoms in total. The van der Waals surface area contributed by atoms with Crippen molar-refractivity contribution < 1.29 is 33.4 Å². The molecule has 1 aliphatic rings. The van der Waals surface area contributed by atoms with Crippen molar-refractivity contribution in [3.8, 4) is 11.5 Å². The average Bonchev–Trinajstić information content (AvgIpc) is 2.65. The number of rotatable bonds is 0. The second kappa shape index (κ2) is 8.27. The molecule has 0 saturated carbocycles. The minimum absolute atomic E-state index is 0.00998. The molecule has 0 spiro atoms. The number of para-hydroxylation sites is 2. The summed E-state index contributed by atoms with van der Waals surface area (Å²) >= 11 is 0. The van der Waals surface area contributed by atoms with Gasteiger partial charge < -0.3 is 14.2 Å². The topological polar surface area (TPSA) is 96.0 Å². The van der Waals surface area contributed by atoms with Gasteiger partial charge in [0.05, 0.1) is 0 Å². The van der Waals surface area contributed by atoms with Gasteiger partial charge in [-0.3, -0.25) is 9.59 Å². The summed E-state index contributed by atoms with van der Waals surface area (Å²) in [5.41, 5.74) is -0.105. The minimum Gasteiger partial charge on any atom is -0.426 e. The Morgan fingerprint density at radius 1 is 0.556 bits per heavy atom. The van der Waals surface area contributed by atoms with E-state index in [1.807, 2.05) is 0 Å². The van der Waals surface area contributed by atoms with Crippen LogP contribution in [0.2, 0.25) is 0 Å².